The number of aromatic nitrogens is 4. The zero-order chi connectivity index (χ0) is 15.8. The molecule has 0 amide bonds. The second-order valence-corrected chi connectivity index (χ2v) is 5.43. The summed E-state index contributed by atoms with van der Waals surface area (Å²) in [6, 6.07) is 0.858. The largest absolute Gasteiger partial charge is 0.478 e. The lowest BCUT2D eigenvalue weighted by atomic mass is 10.2. The molecular weight excluding hydrogens is 312 g/mol. The number of carboxylic acid groups (broad SMARTS) is 1. The molecule has 9 nitrogen and oxygen atoms in total. The highest BCUT2D eigenvalue weighted by Gasteiger charge is 2.26. The monoisotopic (exact) mass is 319 g/mol. The van der Waals surface area contributed by atoms with Crippen LogP contribution in [-0.4, -0.2) is 39.7 Å². The summed E-state index contributed by atoms with van der Waals surface area (Å²) in [4.78, 5) is 10.5. The molecule has 0 saturated carbocycles. The number of rotatable bonds is 4. The van der Waals surface area contributed by atoms with Crippen LogP contribution in [0.3, 0.4) is 0 Å². The minimum atomic E-state index is -4.62. The summed E-state index contributed by atoms with van der Waals surface area (Å²) < 4.78 is 52.5. The van der Waals surface area contributed by atoms with Gasteiger partial charge in [-0.2, -0.15) is 4.80 Å². The van der Waals surface area contributed by atoms with Crippen molar-refractivity contribution in [1.82, 2.24) is 20.2 Å². The number of halogens is 2. The smallest absolute Gasteiger partial charge is 0.335 e. The molecule has 0 aliphatic rings. The molecule has 0 saturated heterocycles. The molecule has 1 aromatic carbocycles. The van der Waals surface area contributed by atoms with Crippen molar-refractivity contribution in [2.75, 3.05) is 4.72 Å². The third-order valence-electron chi connectivity index (χ3n) is 2.27. The first-order valence-corrected chi connectivity index (χ1v) is 6.68. The molecule has 12 heteroatoms. The lowest BCUT2D eigenvalue weighted by Crippen LogP contribution is -2.17. The Bertz CT molecular complexity index is 820. The standard InChI is InChI=1S/C9H7F2N5O4S/c1-16-13-9(12-15-16)14-21(19,20)6-3-4(8(17)18)2-5(10)7(6)11/h2-3H,1H3,(H,13,14)(H,17,18). The number of carbonyl (C=O) groups is 1. The van der Waals surface area contributed by atoms with Gasteiger partial charge in [-0.25, -0.2) is 26.7 Å². The quantitative estimate of drug-likeness (QED) is 0.811. The Balaban J connectivity index is 2.51. The molecule has 0 unspecified atom stereocenters. The van der Waals surface area contributed by atoms with E-state index < -0.39 is 44.0 Å². The van der Waals surface area contributed by atoms with E-state index in [-0.39, 0.29) is 0 Å². The van der Waals surface area contributed by atoms with Gasteiger partial charge in [-0.1, -0.05) is 5.10 Å². The summed E-state index contributed by atoms with van der Waals surface area (Å²) in [6.07, 6.45) is 0. The van der Waals surface area contributed by atoms with E-state index in [1.165, 1.54) is 7.05 Å². The molecule has 0 spiro atoms. The first kappa shape index (κ1) is 14.8. The highest BCUT2D eigenvalue weighted by molar-refractivity contribution is 7.92. The second kappa shape index (κ2) is 5.05. The van der Waals surface area contributed by atoms with Crippen LogP contribution in [0.25, 0.3) is 0 Å². The van der Waals surface area contributed by atoms with E-state index in [4.69, 9.17) is 5.11 Å². The van der Waals surface area contributed by atoms with Crippen LogP contribution in [-0.2, 0) is 17.1 Å². The Morgan fingerprint density at radius 2 is 2.05 bits per heavy atom. The predicted octanol–water partition coefficient (Wildman–Crippen LogP) is -0.0127. The van der Waals surface area contributed by atoms with Crippen LogP contribution >= 0.6 is 0 Å². The normalized spacial score (nSPS) is 11.4. The van der Waals surface area contributed by atoms with E-state index in [1.54, 1.807) is 4.72 Å². The van der Waals surface area contributed by atoms with Gasteiger partial charge in [0, 0.05) is 0 Å². The fourth-order valence-corrected chi connectivity index (χ4v) is 2.43. The number of sulfonamides is 1. The third kappa shape index (κ3) is 2.94. The summed E-state index contributed by atoms with van der Waals surface area (Å²) in [6.45, 7) is 0. The molecule has 0 radical (unpaired) electrons. The molecule has 0 bridgehead atoms. The van der Waals surface area contributed by atoms with Gasteiger partial charge in [-0.3, -0.25) is 0 Å². The van der Waals surface area contributed by atoms with Gasteiger partial charge in [0.05, 0.1) is 12.6 Å². The molecule has 0 aliphatic heterocycles. The maximum Gasteiger partial charge on any atom is 0.335 e. The maximum absolute atomic E-state index is 13.6. The van der Waals surface area contributed by atoms with Crippen molar-refractivity contribution in [2.24, 2.45) is 7.05 Å². The predicted molar refractivity (Wildman–Crippen MR) is 62.9 cm³/mol. The first-order chi connectivity index (χ1) is 9.70. The van der Waals surface area contributed by atoms with E-state index in [2.05, 4.69) is 15.4 Å². The van der Waals surface area contributed by atoms with Crippen molar-refractivity contribution in [3.63, 3.8) is 0 Å². The Labute approximate surface area is 116 Å². The van der Waals surface area contributed by atoms with Crippen LogP contribution in [0.4, 0.5) is 14.7 Å². The average Bonchev–Trinajstić information content (AvgIpc) is 2.76. The lowest BCUT2D eigenvalue weighted by molar-refractivity contribution is 0.0696. The van der Waals surface area contributed by atoms with Crippen LogP contribution in [0.1, 0.15) is 10.4 Å². The van der Waals surface area contributed by atoms with Crippen molar-refractivity contribution in [3.05, 3.63) is 29.3 Å². The number of nitrogens with zero attached hydrogens (tertiary/aromatic N) is 4. The van der Waals surface area contributed by atoms with Gasteiger partial charge in [0.1, 0.15) is 4.90 Å². The number of aromatic carboxylic acids is 1. The maximum atomic E-state index is 13.6. The van der Waals surface area contributed by atoms with Crippen LogP contribution in [0, 0.1) is 11.6 Å². The van der Waals surface area contributed by atoms with Crippen molar-refractivity contribution in [1.29, 1.82) is 0 Å². The molecular formula is C9H7F2N5O4S. The lowest BCUT2D eigenvalue weighted by Gasteiger charge is -2.07. The van der Waals surface area contributed by atoms with E-state index in [0.29, 0.717) is 12.1 Å². The number of hydrogen-bond donors (Lipinski definition) is 2. The molecule has 1 heterocycles. The van der Waals surface area contributed by atoms with E-state index in [0.717, 1.165) is 4.80 Å². The van der Waals surface area contributed by atoms with Crippen LogP contribution < -0.4 is 4.72 Å². The molecule has 2 N–H and O–H groups in total. The summed E-state index contributed by atoms with van der Waals surface area (Å²) in [5, 5.41) is 18.9. The number of hydrogen-bond acceptors (Lipinski definition) is 6. The number of anilines is 1. The summed E-state index contributed by atoms with van der Waals surface area (Å²) >= 11 is 0. The first-order valence-electron chi connectivity index (χ1n) is 5.20. The molecule has 0 aliphatic carbocycles. The summed E-state index contributed by atoms with van der Waals surface area (Å²) in [5.74, 6) is -5.40. The molecule has 112 valence electrons. The van der Waals surface area contributed by atoms with Crippen LogP contribution in [0.15, 0.2) is 17.0 Å². The molecule has 0 atom stereocenters. The second-order valence-electron chi connectivity index (χ2n) is 3.78. The summed E-state index contributed by atoms with van der Waals surface area (Å²) in [5.41, 5.74) is -0.721. The molecule has 2 rings (SSSR count). The van der Waals surface area contributed by atoms with Gasteiger partial charge in [0.25, 0.3) is 16.0 Å². The zero-order valence-electron chi connectivity index (χ0n) is 10.3. The zero-order valence-corrected chi connectivity index (χ0v) is 11.1. The Morgan fingerprint density at radius 1 is 1.38 bits per heavy atom. The van der Waals surface area contributed by atoms with E-state index >= 15 is 0 Å². The Kier molecular flexibility index (Phi) is 3.55. The van der Waals surface area contributed by atoms with E-state index in [1.807, 2.05) is 0 Å². The molecule has 21 heavy (non-hydrogen) atoms. The van der Waals surface area contributed by atoms with Gasteiger partial charge in [-0.05, 0) is 17.3 Å². The van der Waals surface area contributed by atoms with Crippen LogP contribution in [0.5, 0.6) is 0 Å². The number of nitrogens with one attached hydrogen (secondary N) is 1. The Hall–Kier alpha value is -2.63. The van der Waals surface area contributed by atoms with Gasteiger partial charge in [-0.15, -0.1) is 5.10 Å². The number of tetrazole rings is 1. The van der Waals surface area contributed by atoms with Crippen LogP contribution in [0.2, 0.25) is 0 Å². The average molecular weight is 319 g/mol. The number of aryl methyl sites for hydroxylation is 1. The number of carboxylic acids is 1. The molecule has 2 aromatic rings. The minimum absolute atomic E-state index is 0.372. The highest BCUT2D eigenvalue weighted by atomic mass is 32.2. The molecule has 1 aromatic heterocycles. The highest BCUT2D eigenvalue weighted by Crippen LogP contribution is 2.21. The van der Waals surface area contributed by atoms with E-state index in [9.17, 15) is 22.0 Å². The van der Waals surface area contributed by atoms with Crippen molar-refractivity contribution >= 4 is 21.9 Å². The Morgan fingerprint density at radius 3 is 2.57 bits per heavy atom. The SMILES string of the molecule is Cn1nnc(NS(=O)(=O)c2cc(C(=O)O)cc(F)c2F)n1. The van der Waals surface area contributed by atoms with Crippen molar-refractivity contribution in [2.45, 2.75) is 4.90 Å². The van der Waals surface area contributed by atoms with Gasteiger partial charge < -0.3 is 5.11 Å². The van der Waals surface area contributed by atoms with Gasteiger partial charge in [0.2, 0.25) is 0 Å². The van der Waals surface area contributed by atoms with Gasteiger partial charge >= 0.3 is 5.97 Å². The fourth-order valence-electron chi connectivity index (χ4n) is 1.38. The van der Waals surface area contributed by atoms with Gasteiger partial charge in [0.15, 0.2) is 11.6 Å². The fraction of sp³-hybridized carbons (Fsp3) is 0.111. The topological polar surface area (TPSA) is 127 Å². The third-order valence-corrected chi connectivity index (χ3v) is 3.59. The minimum Gasteiger partial charge on any atom is -0.478 e. The summed E-state index contributed by atoms with van der Waals surface area (Å²) in [7, 11) is -3.26. The molecule has 0 fully saturated rings. The number of benzene rings is 1. The van der Waals surface area contributed by atoms with Crippen molar-refractivity contribution < 1.29 is 27.1 Å². The van der Waals surface area contributed by atoms with Crippen molar-refractivity contribution in [3.8, 4) is 0 Å².